The molecule has 2 aromatic carbocycles. The van der Waals surface area contributed by atoms with E-state index < -0.39 is 11.8 Å². The van der Waals surface area contributed by atoms with Crippen LogP contribution in [0.5, 0.6) is 11.5 Å². The zero-order valence-electron chi connectivity index (χ0n) is 12.4. The molecule has 0 unspecified atom stereocenters. The molecule has 4 nitrogen and oxygen atoms in total. The van der Waals surface area contributed by atoms with Gasteiger partial charge in [-0.2, -0.15) is 0 Å². The maximum atomic E-state index is 14.0. The van der Waals surface area contributed by atoms with Gasteiger partial charge in [0.05, 0.1) is 24.3 Å². The molecule has 22 heavy (non-hydrogen) atoms. The Balaban J connectivity index is 2.59. The van der Waals surface area contributed by atoms with Gasteiger partial charge in [0.2, 0.25) is 0 Å². The summed E-state index contributed by atoms with van der Waals surface area (Å²) in [4.78, 5) is 11.8. The molecule has 0 saturated carbocycles. The lowest BCUT2D eigenvalue weighted by Crippen LogP contribution is -2.06. The lowest BCUT2D eigenvalue weighted by Gasteiger charge is -2.14. The van der Waals surface area contributed by atoms with Crippen molar-refractivity contribution in [3.05, 3.63) is 47.8 Å². The van der Waals surface area contributed by atoms with Gasteiger partial charge in [-0.1, -0.05) is 18.2 Å². The van der Waals surface area contributed by atoms with Crippen LogP contribution >= 0.6 is 0 Å². The summed E-state index contributed by atoms with van der Waals surface area (Å²) in [6.45, 7) is 3.99. The van der Waals surface area contributed by atoms with Crippen LogP contribution in [0.1, 0.15) is 24.2 Å². The number of phenols is 1. The predicted molar refractivity (Wildman–Crippen MR) is 80.6 cm³/mol. The van der Waals surface area contributed by atoms with Crippen molar-refractivity contribution in [2.24, 2.45) is 0 Å². The van der Waals surface area contributed by atoms with Crippen molar-refractivity contribution in [2.75, 3.05) is 13.2 Å². The fourth-order valence-corrected chi connectivity index (χ4v) is 2.14. The van der Waals surface area contributed by atoms with Crippen LogP contribution in [0.2, 0.25) is 0 Å². The molecule has 0 aliphatic rings. The summed E-state index contributed by atoms with van der Waals surface area (Å²) >= 11 is 0. The van der Waals surface area contributed by atoms with Crippen LogP contribution in [0, 0.1) is 5.82 Å². The molecule has 0 fully saturated rings. The van der Waals surface area contributed by atoms with E-state index >= 15 is 0 Å². The third-order valence-corrected chi connectivity index (χ3v) is 3.04. The van der Waals surface area contributed by atoms with Crippen LogP contribution in [-0.2, 0) is 4.74 Å². The first kappa shape index (κ1) is 15.8. The first-order chi connectivity index (χ1) is 10.6. The van der Waals surface area contributed by atoms with Gasteiger partial charge in [0, 0.05) is 5.56 Å². The summed E-state index contributed by atoms with van der Waals surface area (Å²) in [6.07, 6.45) is 0. The summed E-state index contributed by atoms with van der Waals surface area (Å²) < 4.78 is 24.4. The Kier molecular flexibility index (Phi) is 4.99. The summed E-state index contributed by atoms with van der Waals surface area (Å²) in [6, 6.07) is 8.75. The van der Waals surface area contributed by atoms with E-state index in [4.69, 9.17) is 9.47 Å². The van der Waals surface area contributed by atoms with E-state index in [9.17, 15) is 14.3 Å². The molecule has 116 valence electrons. The van der Waals surface area contributed by atoms with Crippen molar-refractivity contribution < 1.29 is 23.8 Å². The Morgan fingerprint density at radius 2 is 1.91 bits per heavy atom. The van der Waals surface area contributed by atoms with Crippen molar-refractivity contribution in [3.63, 3.8) is 0 Å². The molecule has 2 rings (SSSR count). The van der Waals surface area contributed by atoms with Crippen molar-refractivity contribution in [1.82, 2.24) is 0 Å². The fraction of sp³-hybridized carbons (Fsp3) is 0.235. The standard InChI is InChI=1S/C17H17FO4/c1-3-21-15-10-11(17(20)22-4-2)9-14(19)16(15)12-7-5-6-8-13(12)18/h5-10,19H,3-4H2,1-2H3. The van der Waals surface area contributed by atoms with Gasteiger partial charge < -0.3 is 14.6 Å². The minimum absolute atomic E-state index is 0.155. The van der Waals surface area contributed by atoms with Crippen LogP contribution in [-0.4, -0.2) is 24.3 Å². The van der Waals surface area contributed by atoms with Crippen molar-refractivity contribution >= 4 is 5.97 Å². The van der Waals surface area contributed by atoms with Crippen LogP contribution in [0.3, 0.4) is 0 Å². The maximum Gasteiger partial charge on any atom is 0.338 e. The number of hydrogen-bond donors (Lipinski definition) is 1. The molecule has 5 heteroatoms. The Labute approximate surface area is 128 Å². The average Bonchev–Trinajstić information content (AvgIpc) is 2.49. The number of aromatic hydroxyl groups is 1. The van der Waals surface area contributed by atoms with E-state index in [2.05, 4.69) is 0 Å². The van der Waals surface area contributed by atoms with Gasteiger partial charge in [0.25, 0.3) is 0 Å². The first-order valence-electron chi connectivity index (χ1n) is 7.00. The zero-order chi connectivity index (χ0) is 16.1. The van der Waals surface area contributed by atoms with Crippen LogP contribution in [0.4, 0.5) is 4.39 Å². The number of ether oxygens (including phenoxy) is 2. The van der Waals surface area contributed by atoms with E-state index in [-0.39, 0.29) is 34.8 Å². The molecule has 0 amide bonds. The highest BCUT2D eigenvalue weighted by atomic mass is 19.1. The lowest BCUT2D eigenvalue weighted by atomic mass is 10.0. The average molecular weight is 304 g/mol. The minimum atomic E-state index is -0.571. The fourth-order valence-electron chi connectivity index (χ4n) is 2.14. The normalized spacial score (nSPS) is 10.3. The Morgan fingerprint density at radius 1 is 1.18 bits per heavy atom. The largest absolute Gasteiger partial charge is 0.507 e. The monoisotopic (exact) mass is 304 g/mol. The highest BCUT2D eigenvalue weighted by Gasteiger charge is 2.19. The Morgan fingerprint density at radius 3 is 2.55 bits per heavy atom. The highest BCUT2D eigenvalue weighted by molar-refractivity contribution is 5.93. The van der Waals surface area contributed by atoms with Gasteiger partial charge in [0.1, 0.15) is 17.3 Å². The van der Waals surface area contributed by atoms with Gasteiger partial charge in [0.15, 0.2) is 0 Å². The smallest absolute Gasteiger partial charge is 0.338 e. The summed E-state index contributed by atoms with van der Waals surface area (Å²) in [7, 11) is 0. The van der Waals surface area contributed by atoms with Crippen LogP contribution < -0.4 is 4.74 Å². The second kappa shape index (κ2) is 6.93. The third kappa shape index (κ3) is 3.19. The molecule has 1 N–H and O–H groups in total. The second-order valence-corrected chi connectivity index (χ2v) is 4.50. The number of phenolic OH excluding ortho intramolecular Hbond substituents is 1. The van der Waals surface area contributed by atoms with Crippen molar-refractivity contribution in [3.8, 4) is 22.6 Å². The van der Waals surface area contributed by atoms with Crippen molar-refractivity contribution in [2.45, 2.75) is 13.8 Å². The summed E-state index contributed by atoms with van der Waals surface area (Å²) in [5.74, 6) is -1.06. The SMILES string of the molecule is CCOC(=O)c1cc(O)c(-c2ccccc2F)c(OCC)c1. The quantitative estimate of drug-likeness (QED) is 0.854. The van der Waals surface area contributed by atoms with E-state index in [0.29, 0.717) is 6.61 Å². The summed E-state index contributed by atoms with van der Waals surface area (Å²) in [5.41, 5.74) is 0.578. The number of halogens is 1. The molecule has 0 atom stereocenters. The number of carbonyl (C=O) groups is 1. The second-order valence-electron chi connectivity index (χ2n) is 4.50. The number of carbonyl (C=O) groups excluding carboxylic acids is 1. The topological polar surface area (TPSA) is 55.8 Å². The van der Waals surface area contributed by atoms with Crippen molar-refractivity contribution in [1.29, 1.82) is 0 Å². The van der Waals surface area contributed by atoms with Gasteiger partial charge in [-0.15, -0.1) is 0 Å². The van der Waals surface area contributed by atoms with E-state index in [1.807, 2.05) is 0 Å². The number of benzene rings is 2. The highest BCUT2D eigenvalue weighted by Crippen LogP contribution is 2.40. The summed E-state index contributed by atoms with van der Waals surface area (Å²) in [5, 5.41) is 10.2. The molecule has 0 aliphatic heterocycles. The molecular formula is C17H17FO4. The van der Waals surface area contributed by atoms with Crippen LogP contribution in [0.15, 0.2) is 36.4 Å². The molecule has 0 aromatic heterocycles. The van der Waals surface area contributed by atoms with Gasteiger partial charge in [-0.05, 0) is 32.0 Å². The molecule has 0 aliphatic carbocycles. The predicted octanol–water partition coefficient (Wildman–Crippen LogP) is 3.77. The third-order valence-electron chi connectivity index (χ3n) is 3.04. The Hall–Kier alpha value is -2.56. The molecule has 0 radical (unpaired) electrons. The van der Waals surface area contributed by atoms with E-state index in [1.54, 1.807) is 26.0 Å². The molecule has 0 saturated heterocycles. The van der Waals surface area contributed by atoms with Gasteiger partial charge in [-0.25, -0.2) is 9.18 Å². The molecule has 0 heterocycles. The molecule has 0 bridgehead atoms. The lowest BCUT2D eigenvalue weighted by molar-refractivity contribution is 0.0525. The minimum Gasteiger partial charge on any atom is -0.507 e. The zero-order valence-corrected chi connectivity index (χ0v) is 12.4. The number of hydrogen-bond acceptors (Lipinski definition) is 4. The van der Waals surface area contributed by atoms with Gasteiger partial charge in [-0.3, -0.25) is 0 Å². The maximum absolute atomic E-state index is 14.0. The van der Waals surface area contributed by atoms with Gasteiger partial charge >= 0.3 is 5.97 Å². The molecular weight excluding hydrogens is 287 g/mol. The molecule has 0 spiro atoms. The number of rotatable bonds is 5. The van der Waals surface area contributed by atoms with Crippen LogP contribution in [0.25, 0.3) is 11.1 Å². The molecule has 2 aromatic rings. The van der Waals surface area contributed by atoms with E-state index in [1.165, 1.54) is 24.3 Å². The van der Waals surface area contributed by atoms with E-state index in [0.717, 1.165) is 0 Å². The number of esters is 1. The first-order valence-corrected chi connectivity index (χ1v) is 7.00. The Bertz CT molecular complexity index is 682.